The van der Waals surface area contributed by atoms with E-state index < -0.39 is 11.5 Å². The molecule has 0 saturated heterocycles. The average Bonchev–Trinajstić information content (AvgIpc) is 2.28. The minimum atomic E-state index is -0.882. The second-order valence-corrected chi connectivity index (χ2v) is 4.33. The summed E-state index contributed by atoms with van der Waals surface area (Å²) in [6.45, 7) is 3.49. The van der Waals surface area contributed by atoms with Crippen LogP contribution in [-0.4, -0.2) is 28.5 Å². The van der Waals surface area contributed by atoms with Gasteiger partial charge < -0.3 is 15.3 Å². The van der Waals surface area contributed by atoms with E-state index in [0.717, 1.165) is 5.56 Å². The van der Waals surface area contributed by atoms with Gasteiger partial charge in [-0.25, -0.2) is 0 Å². The van der Waals surface area contributed by atoms with E-state index in [1.54, 1.807) is 6.07 Å². The Morgan fingerprint density at radius 1 is 1.20 bits per heavy atom. The third-order valence-corrected chi connectivity index (χ3v) is 2.62. The van der Waals surface area contributed by atoms with E-state index in [-0.39, 0.29) is 13.2 Å². The summed E-state index contributed by atoms with van der Waals surface area (Å²) in [5.74, 6) is 0. The number of benzene rings is 1. The molecule has 1 unspecified atom stereocenters. The molecule has 1 rings (SSSR count). The highest BCUT2D eigenvalue weighted by Crippen LogP contribution is 2.29. The first-order valence-electron chi connectivity index (χ1n) is 5.02. The molecule has 0 aliphatic heterocycles. The van der Waals surface area contributed by atoms with Crippen LogP contribution in [0.2, 0.25) is 0 Å². The van der Waals surface area contributed by atoms with Gasteiger partial charge in [0.05, 0.1) is 13.2 Å². The van der Waals surface area contributed by atoms with Crippen molar-refractivity contribution in [3.8, 4) is 0 Å². The number of rotatable bonds is 4. The first kappa shape index (κ1) is 12.2. The lowest BCUT2D eigenvalue weighted by molar-refractivity contribution is 0.0930. The molecule has 0 aliphatic rings. The van der Waals surface area contributed by atoms with Crippen LogP contribution in [0.4, 0.5) is 0 Å². The van der Waals surface area contributed by atoms with Crippen molar-refractivity contribution in [1.82, 2.24) is 0 Å². The second-order valence-electron chi connectivity index (χ2n) is 4.33. The molecule has 1 aromatic carbocycles. The molecule has 0 amide bonds. The van der Waals surface area contributed by atoms with E-state index >= 15 is 0 Å². The summed E-state index contributed by atoms with van der Waals surface area (Å²) in [6.07, 6.45) is -0.882. The summed E-state index contributed by atoms with van der Waals surface area (Å²) in [6, 6.07) is 7.31. The van der Waals surface area contributed by atoms with Crippen molar-refractivity contribution in [3.05, 3.63) is 35.4 Å². The molecule has 15 heavy (non-hydrogen) atoms. The lowest BCUT2D eigenvalue weighted by atomic mass is 9.81. The van der Waals surface area contributed by atoms with Gasteiger partial charge >= 0.3 is 0 Å². The Bertz CT molecular complexity index is 320. The molecule has 0 aromatic heterocycles. The first-order chi connectivity index (χ1) is 7.03. The van der Waals surface area contributed by atoms with Gasteiger partial charge in [0, 0.05) is 5.41 Å². The third-order valence-electron chi connectivity index (χ3n) is 2.62. The van der Waals surface area contributed by atoms with Crippen LogP contribution in [-0.2, 0) is 5.41 Å². The zero-order valence-electron chi connectivity index (χ0n) is 9.14. The predicted octanol–water partition coefficient (Wildman–Crippen LogP) is 0.982. The highest BCUT2D eigenvalue weighted by molar-refractivity contribution is 5.35. The Kier molecular flexibility index (Phi) is 3.85. The number of aliphatic hydroxyl groups excluding tert-OH is 3. The van der Waals surface area contributed by atoms with Gasteiger partial charge in [-0.15, -0.1) is 0 Å². The van der Waals surface area contributed by atoms with Gasteiger partial charge in [0.2, 0.25) is 0 Å². The Balaban J connectivity index is 3.17. The molecule has 0 bridgehead atoms. The smallest absolute Gasteiger partial charge is 0.102 e. The van der Waals surface area contributed by atoms with E-state index in [4.69, 9.17) is 5.11 Å². The molecule has 3 nitrogen and oxygen atoms in total. The molecule has 0 radical (unpaired) electrons. The standard InChI is InChI=1S/C12H18O3/c1-12(2,8-14)10-6-4-3-5-9(10)11(15)7-13/h3-6,11,13-15H,7-8H2,1-2H3. The summed E-state index contributed by atoms with van der Waals surface area (Å²) in [5, 5.41) is 27.9. The Morgan fingerprint density at radius 2 is 1.80 bits per heavy atom. The van der Waals surface area contributed by atoms with Crippen LogP contribution < -0.4 is 0 Å². The summed E-state index contributed by atoms with van der Waals surface area (Å²) < 4.78 is 0. The zero-order valence-corrected chi connectivity index (χ0v) is 9.14. The van der Waals surface area contributed by atoms with Gasteiger partial charge in [-0.2, -0.15) is 0 Å². The van der Waals surface area contributed by atoms with Gasteiger partial charge in [-0.1, -0.05) is 38.1 Å². The van der Waals surface area contributed by atoms with E-state index in [1.165, 1.54) is 0 Å². The van der Waals surface area contributed by atoms with Gasteiger partial charge in [-0.05, 0) is 11.1 Å². The van der Waals surface area contributed by atoms with E-state index in [2.05, 4.69) is 0 Å². The first-order valence-corrected chi connectivity index (χ1v) is 5.02. The normalized spacial score (nSPS) is 13.9. The summed E-state index contributed by atoms with van der Waals surface area (Å²) in [7, 11) is 0. The van der Waals surface area contributed by atoms with Gasteiger partial charge in [0.15, 0.2) is 0 Å². The maximum absolute atomic E-state index is 9.64. The lowest BCUT2D eigenvalue weighted by Gasteiger charge is -2.26. The summed E-state index contributed by atoms with van der Waals surface area (Å²) in [5.41, 5.74) is 1.14. The van der Waals surface area contributed by atoms with E-state index in [1.807, 2.05) is 32.0 Å². The maximum atomic E-state index is 9.64. The number of hydrogen-bond donors (Lipinski definition) is 3. The van der Waals surface area contributed by atoms with Crippen molar-refractivity contribution in [2.75, 3.05) is 13.2 Å². The molecule has 0 heterocycles. The van der Waals surface area contributed by atoms with E-state index in [9.17, 15) is 10.2 Å². The highest BCUT2D eigenvalue weighted by atomic mass is 16.3. The predicted molar refractivity (Wildman–Crippen MR) is 58.6 cm³/mol. The van der Waals surface area contributed by atoms with E-state index in [0.29, 0.717) is 5.56 Å². The topological polar surface area (TPSA) is 60.7 Å². The maximum Gasteiger partial charge on any atom is 0.102 e. The Morgan fingerprint density at radius 3 is 2.33 bits per heavy atom. The SMILES string of the molecule is CC(C)(CO)c1ccccc1C(O)CO. The van der Waals surface area contributed by atoms with Gasteiger partial charge in [0.1, 0.15) is 6.10 Å². The quantitative estimate of drug-likeness (QED) is 0.694. The fourth-order valence-corrected chi connectivity index (χ4v) is 1.59. The number of aliphatic hydroxyl groups is 3. The summed E-state index contributed by atoms with van der Waals surface area (Å²) in [4.78, 5) is 0. The van der Waals surface area contributed by atoms with Gasteiger partial charge in [0.25, 0.3) is 0 Å². The summed E-state index contributed by atoms with van der Waals surface area (Å²) >= 11 is 0. The molecule has 0 aliphatic carbocycles. The second kappa shape index (κ2) is 4.75. The van der Waals surface area contributed by atoms with Crippen LogP contribution in [0.15, 0.2) is 24.3 Å². The van der Waals surface area contributed by atoms with Crippen LogP contribution in [0.1, 0.15) is 31.1 Å². The van der Waals surface area contributed by atoms with Crippen molar-refractivity contribution in [3.63, 3.8) is 0 Å². The average molecular weight is 210 g/mol. The molecule has 84 valence electrons. The minimum absolute atomic E-state index is 0.00214. The molecule has 3 N–H and O–H groups in total. The van der Waals surface area contributed by atoms with Crippen molar-refractivity contribution in [2.45, 2.75) is 25.4 Å². The number of hydrogen-bond acceptors (Lipinski definition) is 3. The molecule has 3 heteroatoms. The van der Waals surface area contributed by atoms with Gasteiger partial charge in [-0.3, -0.25) is 0 Å². The van der Waals surface area contributed by atoms with Crippen LogP contribution >= 0.6 is 0 Å². The van der Waals surface area contributed by atoms with Crippen molar-refractivity contribution < 1.29 is 15.3 Å². The zero-order chi connectivity index (χ0) is 11.5. The molecule has 0 spiro atoms. The molecule has 1 atom stereocenters. The fourth-order valence-electron chi connectivity index (χ4n) is 1.59. The molecule has 1 aromatic rings. The molecular weight excluding hydrogens is 192 g/mol. The van der Waals surface area contributed by atoms with Crippen molar-refractivity contribution >= 4 is 0 Å². The molecular formula is C12H18O3. The molecule has 0 saturated carbocycles. The minimum Gasteiger partial charge on any atom is -0.395 e. The van der Waals surface area contributed by atoms with Crippen LogP contribution in [0.3, 0.4) is 0 Å². The van der Waals surface area contributed by atoms with Crippen LogP contribution in [0, 0.1) is 0 Å². The fraction of sp³-hybridized carbons (Fsp3) is 0.500. The van der Waals surface area contributed by atoms with Crippen molar-refractivity contribution in [2.24, 2.45) is 0 Å². The highest BCUT2D eigenvalue weighted by Gasteiger charge is 2.24. The van der Waals surface area contributed by atoms with Crippen LogP contribution in [0.5, 0.6) is 0 Å². The Labute approximate surface area is 90.0 Å². The largest absolute Gasteiger partial charge is 0.395 e. The van der Waals surface area contributed by atoms with Crippen LogP contribution in [0.25, 0.3) is 0 Å². The lowest BCUT2D eigenvalue weighted by Crippen LogP contribution is -2.25. The molecule has 0 fully saturated rings. The third kappa shape index (κ3) is 2.56. The Hall–Kier alpha value is -0.900. The monoisotopic (exact) mass is 210 g/mol. The van der Waals surface area contributed by atoms with Crippen molar-refractivity contribution in [1.29, 1.82) is 0 Å².